The molecule has 1 rings (SSSR count). The molecule has 0 aliphatic heterocycles. The van der Waals surface area contributed by atoms with E-state index in [0.717, 1.165) is 11.3 Å². The normalized spacial score (nSPS) is 10.0. The maximum Gasteiger partial charge on any atom is 0.305 e. The molecule has 0 unspecified atom stereocenters. The summed E-state index contributed by atoms with van der Waals surface area (Å²) in [4.78, 5) is 23.6. The second-order valence-electron chi connectivity index (χ2n) is 4.45. The van der Waals surface area contributed by atoms with Crippen molar-refractivity contribution in [1.82, 2.24) is 4.90 Å². The smallest absolute Gasteiger partial charge is 0.305 e. The minimum absolute atomic E-state index is 0.0204. The highest BCUT2D eigenvalue weighted by atomic mass is 16.4. The number of benzene rings is 1. The van der Waals surface area contributed by atoms with Crippen LogP contribution in [0.4, 0.5) is 5.69 Å². The number of carboxylic acids is 1. The third kappa shape index (κ3) is 5.42. The van der Waals surface area contributed by atoms with Gasteiger partial charge in [0.05, 0.1) is 6.42 Å². The molecule has 5 nitrogen and oxygen atoms in total. The molecule has 1 aromatic carbocycles. The lowest BCUT2D eigenvalue weighted by Gasteiger charge is -2.16. The highest BCUT2D eigenvalue weighted by Gasteiger charge is 2.09. The van der Waals surface area contributed by atoms with Crippen molar-refractivity contribution in [3.05, 3.63) is 29.8 Å². The van der Waals surface area contributed by atoms with Crippen molar-refractivity contribution < 1.29 is 14.7 Å². The summed E-state index contributed by atoms with van der Waals surface area (Å²) in [7, 11) is 1.62. The van der Waals surface area contributed by atoms with Crippen molar-refractivity contribution in [2.24, 2.45) is 0 Å². The number of nitrogens with zero attached hydrogens (tertiary/aromatic N) is 1. The van der Waals surface area contributed by atoms with Gasteiger partial charge in [-0.25, -0.2) is 0 Å². The Kier molecular flexibility index (Phi) is 5.85. The highest BCUT2D eigenvalue weighted by molar-refractivity contribution is 5.77. The van der Waals surface area contributed by atoms with Gasteiger partial charge in [0.15, 0.2) is 0 Å². The molecule has 104 valence electrons. The number of carbonyl (C=O) groups excluding carboxylic acids is 1. The number of anilines is 1. The van der Waals surface area contributed by atoms with Crippen molar-refractivity contribution in [1.29, 1.82) is 0 Å². The second kappa shape index (κ2) is 7.41. The molecule has 2 N–H and O–H groups in total. The highest BCUT2D eigenvalue weighted by Crippen LogP contribution is 2.12. The van der Waals surface area contributed by atoms with Crippen molar-refractivity contribution in [2.75, 3.05) is 25.5 Å². The summed E-state index contributed by atoms with van der Waals surface area (Å²) in [6.07, 6.45) is 0.331. The van der Waals surface area contributed by atoms with Gasteiger partial charge < -0.3 is 15.3 Å². The molecular weight excluding hydrogens is 244 g/mol. The fourth-order valence-corrected chi connectivity index (χ4v) is 1.65. The lowest BCUT2D eigenvalue weighted by Crippen LogP contribution is -2.30. The summed E-state index contributed by atoms with van der Waals surface area (Å²) < 4.78 is 0. The van der Waals surface area contributed by atoms with Gasteiger partial charge in [-0.3, -0.25) is 9.59 Å². The van der Waals surface area contributed by atoms with E-state index in [-0.39, 0.29) is 18.9 Å². The molecule has 1 aromatic rings. The number of hydrogen-bond acceptors (Lipinski definition) is 3. The Bertz CT molecular complexity index is 446. The Labute approximate surface area is 113 Å². The molecule has 0 saturated carbocycles. The number of aryl methyl sites for hydroxylation is 1. The number of carbonyl (C=O) groups is 2. The third-order valence-corrected chi connectivity index (χ3v) is 2.89. The summed E-state index contributed by atoms with van der Waals surface area (Å²) in [6, 6.07) is 7.87. The molecule has 0 aliphatic carbocycles. The van der Waals surface area contributed by atoms with E-state index >= 15 is 0 Å². The zero-order valence-corrected chi connectivity index (χ0v) is 11.3. The maximum absolute atomic E-state index is 11.7. The van der Waals surface area contributed by atoms with Crippen LogP contribution in [-0.2, 0) is 9.59 Å². The monoisotopic (exact) mass is 264 g/mol. The van der Waals surface area contributed by atoms with Crippen LogP contribution in [0, 0.1) is 6.92 Å². The Hall–Kier alpha value is -2.04. The van der Waals surface area contributed by atoms with Crippen molar-refractivity contribution in [2.45, 2.75) is 19.8 Å². The summed E-state index contributed by atoms with van der Waals surface area (Å²) in [5, 5.41) is 11.7. The van der Waals surface area contributed by atoms with Crippen molar-refractivity contribution >= 4 is 17.6 Å². The van der Waals surface area contributed by atoms with E-state index < -0.39 is 5.97 Å². The third-order valence-electron chi connectivity index (χ3n) is 2.89. The Morgan fingerprint density at radius 3 is 2.58 bits per heavy atom. The summed E-state index contributed by atoms with van der Waals surface area (Å²) in [5.41, 5.74) is 2.15. The van der Waals surface area contributed by atoms with Crippen molar-refractivity contribution in [3.8, 4) is 0 Å². The molecule has 0 saturated heterocycles. The maximum atomic E-state index is 11.7. The van der Waals surface area contributed by atoms with Crippen LogP contribution in [0.3, 0.4) is 0 Å². The van der Waals surface area contributed by atoms with Gasteiger partial charge in [-0.15, -0.1) is 0 Å². The van der Waals surface area contributed by atoms with Gasteiger partial charge in [-0.05, 0) is 18.6 Å². The first-order valence-electron chi connectivity index (χ1n) is 6.26. The fourth-order valence-electron chi connectivity index (χ4n) is 1.65. The van der Waals surface area contributed by atoms with E-state index in [4.69, 9.17) is 5.11 Å². The molecule has 0 aromatic heterocycles. The van der Waals surface area contributed by atoms with Crippen LogP contribution in [0.1, 0.15) is 18.4 Å². The van der Waals surface area contributed by atoms with Crippen LogP contribution >= 0.6 is 0 Å². The largest absolute Gasteiger partial charge is 0.481 e. The molecule has 1 amide bonds. The number of aliphatic carboxylic acids is 1. The first-order chi connectivity index (χ1) is 9.00. The number of para-hydroxylation sites is 1. The first-order valence-corrected chi connectivity index (χ1v) is 6.26. The van der Waals surface area contributed by atoms with E-state index in [2.05, 4.69) is 5.32 Å². The summed E-state index contributed by atoms with van der Waals surface area (Å²) >= 11 is 0. The SMILES string of the molecule is Cc1ccccc1NCCC(=O)N(C)CCC(=O)O. The molecular formula is C14H20N2O3. The van der Waals surface area contributed by atoms with E-state index in [9.17, 15) is 9.59 Å². The molecule has 5 heteroatoms. The van der Waals surface area contributed by atoms with Crippen LogP contribution in [-0.4, -0.2) is 42.0 Å². The molecule has 0 heterocycles. The van der Waals surface area contributed by atoms with Crippen LogP contribution in [0.15, 0.2) is 24.3 Å². The quantitative estimate of drug-likeness (QED) is 0.787. The molecule has 0 bridgehead atoms. The van der Waals surface area contributed by atoms with E-state index in [1.165, 1.54) is 4.90 Å². The predicted molar refractivity (Wildman–Crippen MR) is 74.2 cm³/mol. The molecule has 0 atom stereocenters. The summed E-state index contributed by atoms with van der Waals surface area (Å²) in [5.74, 6) is -0.944. The minimum atomic E-state index is -0.891. The molecule has 0 fully saturated rings. The molecule has 0 spiro atoms. The standard InChI is InChI=1S/C14H20N2O3/c1-11-5-3-4-6-12(11)15-9-7-13(17)16(2)10-8-14(18)19/h3-6,15H,7-10H2,1-2H3,(H,18,19). The Morgan fingerprint density at radius 2 is 1.95 bits per heavy atom. The number of amides is 1. The average Bonchev–Trinajstić information content (AvgIpc) is 2.38. The topological polar surface area (TPSA) is 69.6 Å². The van der Waals surface area contributed by atoms with Gasteiger partial charge in [0.25, 0.3) is 0 Å². The van der Waals surface area contributed by atoms with Gasteiger partial charge in [-0.2, -0.15) is 0 Å². The van der Waals surface area contributed by atoms with Gasteiger partial charge in [0.2, 0.25) is 5.91 Å². The number of carboxylic acid groups (broad SMARTS) is 1. The van der Waals surface area contributed by atoms with Crippen LogP contribution < -0.4 is 5.32 Å². The Balaban J connectivity index is 2.31. The van der Waals surface area contributed by atoms with Gasteiger partial charge >= 0.3 is 5.97 Å². The molecule has 0 aliphatic rings. The predicted octanol–water partition coefficient (Wildman–Crippen LogP) is 1.73. The van der Waals surface area contributed by atoms with E-state index in [0.29, 0.717) is 13.0 Å². The fraction of sp³-hybridized carbons (Fsp3) is 0.429. The summed E-state index contributed by atoms with van der Waals surface area (Å²) in [6.45, 7) is 2.79. The second-order valence-corrected chi connectivity index (χ2v) is 4.45. The van der Waals surface area contributed by atoms with Gasteiger partial charge in [-0.1, -0.05) is 18.2 Å². The first kappa shape index (κ1) is 15.0. The van der Waals surface area contributed by atoms with Crippen LogP contribution in [0.5, 0.6) is 0 Å². The number of rotatable bonds is 7. The van der Waals surface area contributed by atoms with Gasteiger partial charge in [0.1, 0.15) is 0 Å². The van der Waals surface area contributed by atoms with Gasteiger partial charge in [0, 0.05) is 32.2 Å². The van der Waals surface area contributed by atoms with Crippen LogP contribution in [0.2, 0.25) is 0 Å². The lowest BCUT2D eigenvalue weighted by molar-refractivity contribution is -0.138. The molecule has 19 heavy (non-hydrogen) atoms. The molecule has 0 radical (unpaired) electrons. The zero-order valence-electron chi connectivity index (χ0n) is 11.3. The van der Waals surface area contributed by atoms with E-state index in [1.807, 2.05) is 31.2 Å². The van der Waals surface area contributed by atoms with Crippen molar-refractivity contribution in [3.63, 3.8) is 0 Å². The number of hydrogen-bond donors (Lipinski definition) is 2. The Morgan fingerprint density at radius 1 is 1.26 bits per heavy atom. The zero-order chi connectivity index (χ0) is 14.3. The average molecular weight is 264 g/mol. The number of nitrogens with one attached hydrogen (secondary N) is 1. The van der Waals surface area contributed by atoms with Crippen LogP contribution in [0.25, 0.3) is 0 Å². The lowest BCUT2D eigenvalue weighted by atomic mass is 10.2. The minimum Gasteiger partial charge on any atom is -0.481 e. The van der Waals surface area contributed by atoms with E-state index in [1.54, 1.807) is 7.05 Å².